The average molecular weight is 411 g/mol. The second kappa shape index (κ2) is 9.16. The van der Waals surface area contributed by atoms with Crippen LogP contribution < -0.4 is 15.9 Å². The zero-order chi connectivity index (χ0) is 20.2. The molecule has 1 aromatic rings. The van der Waals surface area contributed by atoms with E-state index in [1.54, 1.807) is 11.8 Å². The lowest BCUT2D eigenvalue weighted by molar-refractivity contribution is -0.116. The SMILES string of the molecule is CCCCCCSC1=NN2C(=c3ccccc3=N[C@H]2[C@@H]2CC=C(C)CC2)C(=O)N1. The number of hydrazone groups is 1. The normalized spacial score (nSPS) is 23.4. The van der Waals surface area contributed by atoms with Crippen molar-refractivity contribution in [2.75, 3.05) is 5.75 Å². The number of amidine groups is 1. The van der Waals surface area contributed by atoms with Gasteiger partial charge >= 0.3 is 0 Å². The molecule has 1 aromatic carbocycles. The van der Waals surface area contributed by atoms with Crippen LogP contribution in [0.15, 0.2) is 46.0 Å². The monoisotopic (exact) mass is 410 g/mol. The summed E-state index contributed by atoms with van der Waals surface area (Å²) in [5.41, 5.74) is 2.09. The first-order valence-corrected chi connectivity index (χ1v) is 11.8. The fraction of sp³-hybridized carbons (Fsp3) is 0.522. The van der Waals surface area contributed by atoms with Crippen molar-refractivity contribution < 1.29 is 4.79 Å². The molecule has 2 aliphatic heterocycles. The highest BCUT2D eigenvalue weighted by molar-refractivity contribution is 8.13. The smallest absolute Gasteiger partial charge is 0.276 e. The summed E-state index contributed by atoms with van der Waals surface area (Å²) in [7, 11) is 0. The molecular weight excluding hydrogens is 380 g/mol. The van der Waals surface area contributed by atoms with Gasteiger partial charge in [-0.15, -0.1) is 5.10 Å². The van der Waals surface area contributed by atoms with Crippen LogP contribution in [0.2, 0.25) is 0 Å². The molecule has 3 aliphatic rings. The minimum atomic E-state index is -0.119. The minimum absolute atomic E-state index is 0.0639. The van der Waals surface area contributed by atoms with Crippen molar-refractivity contribution >= 4 is 28.5 Å². The molecule has 2 heterocycles. The van der Waals surface area contributed by atoms with Gasteiger partial charge in [-0.2, -0.15) is 0 Å². The quantitative estimate of drug-likeness (QED) is 0.577. The summed E-state index contributed by atoms with van der Waals surface area (Å²) in [4.78, 5) is 18.1. The highest BCUT2D eigenvalue weighted by Gasteiger charge is 2.37. The van der Waals surface area contributed by atoms with Gasteiger partial charge in [0.2, 0.25) is 0 Å². The van der Waals surface area contributed by atoms with E-state index in [2.05, 4.69) is 25.2 Å². The lowest BCUT2D eigenvalue weighted by Gasteiger charge is -2.38. The van der Waals surface area contributed by atoms with E-state index in [1.807, 2.05) is 29.3 Å². The van der Waals surface area contributed by atoms with E-state index in [-0.39, 0.29) is 12.1 Å². The predicted molar refractivity (Wildman–Crippen MR) is 120 cm³/mol. The third-order valence-corrected chi connectivity index (χ3v) is 6.83. The Morgan fingerprint density at radius 1 is 1.24 bits per heavy atom. The van der Waals surface area contributed by atoms with Gasteiger partial charge in [0.05, 0.1) is 5.36 Å². The van der Waals surface area contributed by atoms with Gasteiger partial charge in [0.15, 0.2) is 5.17 Å². The van der Waals surface area contributed by atoms with Crippen LogP contribution in [0.3, 0.4) is 0 Å². The highest BCUT2D eigenvalue weighted by atomic mass is 32.2. The predicted octanol–water partition coefficient (Wildman–Crippen LogP) is 3.52. The van der Waals surface area contributed by atoms with E-state index < -0.39 is 0 Å². The molecule has 1 N–H and O–H groups in total. The van der Waals surface area contributed by atoms with Gasteiger partial charge in [0, 0.05) is 16.9 Å². The maximum Gasteiger partial charge on any atom is 0.276 e. The van der Waals surface area contributed by atoms with E-state index in [4.69, 9.17) is 10.1 Å². The van der Waals surface area contributed by atoms with E-state index in [0.29, 0.717) is 16.8 Å². The van der Waals surface area contributed by atoms with Gasteiger partial charge in [0.1, 0.15) is 11.9 Å². The van der Waals surface area contributed by atoms with E-state index in [1.165, 1.54) is 24.8 Å². The number of rotatable bonds is 6. The van der Waals surface area contributed by atoms with Crippen LogP contribution in [0.4, 0.5) is 0 Å². The molecule has 0 bridgehead atoms. The van der Waals surface area contributed by atoms with E-state index >= 15 is 0 Å². The van der Waals surface area contributed by atoms with Crippen molar-refractivity contribution in [2.24, 2.45) is 16.0 Å². The van der Waals surface area contributed by atoms with Crippen molar-refractivity contribution in [3.05, 3.63) is 46.5 Å². The zero-order valence-electron chi connectivity index (χ0n) is 17.4. The number of fused-ring (bicyclic) bond motifs is 2. The summed E-state index contributed by atoms with van der Waals surface area (Å²) < 4.78 is 0. The Kier molecular flexibility index (Phi) is 6.38. The van der Waals surface area contributed by atoms with E-state index in [9.17, 15) is 4.79 Å². The Bertz CT molecular complexity index is 952. The molecule has 0 fully saturated rings. The Morgan fingerprint density at radius 2 is 2.10 bits per heavy atom. The summed E-state index contributed by atoms with van der Waals surface area (Å²) in [6.07, 6.45) is 10.2. The number of unbranched alkanes of at least 4 members (excludes halogenated alkanes) is 3. The minimum Gasteiger partial charge on any atom is -0.298 e. The first kappa shape index (κ1) is 20.2. The summed E-state index contributed by atoms with van der Waals surface area (Å²) >= 11 is 1.65. The van der Waals surface area contributed by atoms with Crippen molar-refractivity contribution in [1.82, 2.24) is 10.3 Å². The summed E-state index contributed by atoms with van der Waals surface area (Å²) in [6.45, 7) is 4.41. The topological polar surface area (TPSA) is 57.1 Å². The molecule has 1 amide bonds. The van der Waals surface area contributed by atoms with Gasteiger partial charge in [0.25, 0.3) is 5.91 Å². The zero-order valence-corrected chi connectivity index (χ0v) is 18.2. The van der Waals surface area contributed by atoms with Crippen LogP contribution in [0.5, 0.6) is 0 Å². The van der Waals surface area contributed by atoms with Crippen molar-refractivity contribution in [3.63, 3.8) is 0 Å². The largest absolute Gasteiger partial charge is 0.298 e. The number of allylic oxidation sites excluding steroid dienone is 2. The second-order valence-corrected chi connectivity index (χ2v) is 9.19. The molecule has 0 radical (unpaired) electrons. The van der Waals surface area contributed by atoms with Crippen molar-refractivity contribution in [1.29, 1.82) is 0 Å². The molecule has 0 unspecified atom stereocenters. The van der Waals surface area contributed by atoms with Gasteiger partial charge in [-0.1, -0.05) is 67.8 Å². The molecule has 154 valence electrons. The molecule has 29 heavy (non-hydrogen) atoms. The fourth-order valence-corrected chi connectivity index (χ4v) is 5.03. The maximum atomic E-state index is 13.1. The van der Waals surface area contributed by atoms with Gasteiger partial charge in [-0.3, -0.25) is 15.1 Å². The first-order valence-electron chi connectivity index (χ1n) is 10.8. The molecule has 0 aromatic heterocycles. The number of carbonyl (C=O) groups excluding carboxylic acids is 1. The third-order valence-electron chi connectivity index (χ3n) is 5.88. The van der Waals surface area contributed by atoms with Crippen molar-refractivity contribution in [3.8, 4) is 0 Å². The van der Waals surface area contributed by atoms with Crippen LogP contribution in [-0.4, -0.2) is 28.0 Å². The molecular formula is C23H30N4OS. The number of amides is 1. The van der Waals surface area contributed by atoms with E-state index in [0.717, 1.165) is 42.0 Å². The van der Waals surface area contributed by atoms with Crippen LogP contribution in [0, 0.1) is 5.92 Å². The van der Waals surface area contributed by atoms with Gasteiger partial charge in [-0.25, -0.2) is 5.01 Å². The van der Waals surface area contributed by atoms with Crippen LogP contribution >= 0.6 is 11.8 Å². The number of hydrogen-bond donors (Lipinski definition) is 1. The number of nitrogens with zero attached hydrogens (tertiary/aromatic N) is 3. The summed E-state index contributed by atoms with van der Waals surface area (Å²) in [6, 6.07) is 7.93. The number of thioether (sulfide) groups is 1. The Balaban J connectivity index is 1.64. The number of benzene rings is 1. The van der Waals surface area contributed by atoms with Crippen LogP contribution in [-0.2, 0) is 4.79 Å². The van der Waals surface area contributed by atoms with Gasteiger partial charge < -0.3 is 0 Å². The lowest BCUT2D eigenvalue weighted by atomic mass is 9.87. The summed E-state index contributed by atoms with van der Waals surface area (Å²) in [5, 5.41) is 12.3. The molecule has 2 atom stereocenters. The highest BCUT2D eigenvalue weighted by Crippen LogP contribution is 2.33. The molecule has 0 saturated carbocycles. The second-order valence-electron chi connectivity index (χ2n) is 8.11. The lowest BCUT2D eigenvalue weighted by Crippen LogP contribution is -2.54. The van der Waals surface area contributed by atoms with Crippen LogP contribution in [0.25, 0.3) is 5.70 Å². The first-order chi connectivity index (χ1) is 14.2. The maximum absolute atomic E-state index is 13.1. The molecule has 0 saturated heterocycles. The third kappa shape index (κ3) is 4.42. The Hall–Kier alpha value is -2.08. The molecule has 4 rings (SSSR count). The Labute approximate surface area is 177 Å². The molecule has 5 nitrogen and oxygen atoms in total. The number of nitrogens with one attached hydrogen (secondary N) is 1. The standard InChI is InChI=1S/C23H30N4OS/c1-3-4-5-8-15-29-23-25-22(28)20-18-9-6-7-10-19(18)24-21(27(20)26-23)17-13-11-16(2)12-14-17/h6-7,9-11,17,21H,3-5,8,12-15H2,1-2H3,(H,25,26,28)/t17-,21-/m1/s1. The average Bonchev–Trinajstić information content (AvgIpc) is 2.73. The molecule has 1 aliphatic carbocycles. The number of carbonyl (C=O) groups is 1. The molecule has 0 spiro atoms. The number of para-hydroxylation sites is 1. The fourth-order valence-electron chi connectivity index (χ4n) is 4.18. The Morgan fingerprint density at radius 3 is 2.90 bits per heavy atom. The van der Waals surface area contributed by atoms with Crippen molar-refractivity contribution in [2.45, 2.75) is 65.0 Å². The van der Waals surface area contributed by atoms with Crippen LogP contribution in [0.1, 0.15) is 58.8 Å². The summed E-state index contributed by atoms with van der Waals surface area (Å²) in [5.74, 6) is 1.28. The number of hydrogen-bond acceptors (Lipinski definition) is 5. The molecule has 6 heteroatoms. The van der Waals surface area contributed by atoms with Gasteiger partial charge in [-0.05, 0) is 38.7 Å².